The van der Waals surface area contributed by atoms with Crippen LogP contribution in [0.1, 0.15) is 27.6 Å². The molecule has 0 aliphatic rings. The van der Waals surface area contributed by atoms with Crippen molar-refractivity contribution in [3.05, 3.63) is 58.2 Å². The molecule has 3 heterocycles. The van der Waals surface area contributed by atoms with Crippen LogP contribution in [0.25, 0.3) is 22.7 Å². The SMILES string of the molecule is Cc1cc(-c2nnc(NC(=O)c3c(-c4ccccc4Cl)noc3C)o2)c(C)o1. The van der Waals surface area contributed by atoms with Crippen molar-refractivity contribution in [2.24, 2.45) is 0 Å². The normalized spacial score (nSPS) is 11.0. The summed E-state index contributed by atoms with van der Waals surface area (Å²) in [5.41, 5.74) is 1.83. The second-order valence-corrected chi connectivity index (χ2v) is 6.54. The van der Waals surface area contributed by atoms with Crippen molar-refractivity contribution in [1.29, 1.82) is 0 Å². The van der Waals surface area contributed by atoms with Crippen LogP contribution in [-0.4, -0.2) is 21.3 Å². The number of amides is 1. The molecular formula is C19H15ClN4O4. The van der Waals surface area contributed by atoms with Gasteiger partial charge in [-0.2, -0.15) is 0 Å². The van der Waals surface area contributed by atoms with E-state index in [1.54, 1.807) is 44.2 Å². The van der Waals surface area contributed by atoms with E-state index in [2.05, 4.69) is 20.7 Å². The van der Waals surface area contributed by atoms with E-state index >= 15 is 0 Å². The fourth-order valence-electron chi connectivity index (χ4n) is 2.86. The number of nitrogens with zero attached hydrogens (tertiary/aromatic N) is 3. The van der Waals surface area contributed by atoms with Gasteiger partial charge >= 0.3 is 6.01 Å². The Morgan fingerprint density at radius 3 is 2.54 bits per heavy atom. The van der Waals surface area contributed by atoms with Gasteiger partial charge in [0.1, 0.15) is 28.5 Å². The molecule has 4 aromatic rings. The van der Waals surface area contributed by atoms with Crippen molar-refractivity contribution in [3.8, 4) is 22.7 Å². The van der Waals surface area contributed by atoms with Crippen LogP contribution in [0.2, 0.25) is 5.02 Å². The first-order valence-electron chi connectivity index (χ1n) is 8.37. The first kappa shape index (κ1) is 18.0. The molecule has 142 valence electrons. The first-order chi connectivity index (χ1) is 13.4. The zero-order chi connectivity index (χ0) is 19.8. The second-order valence-electron chi connectivity index (χ2n) is 6.14. The molecule has 1 amide bonds. The molecule has 1 N–H and O–H groups in total. The lowest BCUT2D eigenvalue weighted by molar-refractivity contribution is 0.102. The number of aryl methyl sites for hydroxylation is 3. The molecule has 0 radical (unpaired) electrons. The van der Waals surface area contributed by atoms with Gasteiger partial charge < -0.3 is 13.4 Å². The van der Waals surface area contributed by atoms with Gasteiger partial charge in [0.15, 0.2) is 0 Å². The molecule has 0 bridgehead atoms. The molecule has 0 saturated carbocycles. The highest BCUT2D eigenvalue weighted by Crippen LogP contribution is 2.32. The molecule has 4 rings (SSSR count). The van der Waals surface area contributed by atoms with Gasteiger partial charge in [-0.1, -0.05) is 40.1 Å². The summed E-state index contributed by atoms with van der Waals surface area (Å²) in [6.45, 7) is 5.25. The van der Waals surface area contributed by atoms with Crippen molar-refractivity contribution < 1.29 is 18.2 Å². The van der Waals surface area contributed by atoms with Crippen LogP contribution < -0.4 is 5.32 Å². The van der Waals surface area contributed by atoms with E-state index in [-0.39, 0.29) is 17.5 Å². The lowest BCUT2D eigenvalue weighted by atomic mass is 10.1. The molecule has 28 heavy (non-hydrogen) atoms. The van der Waals surface area contributed by atoms with Crippen LogP contribution in [-0.2, 0) is 0 Å². The zero-order valence-electron chi connectivity index (χ0n) is 15.2. The third-order valence-electron chi connectivity index (χ3n) is 4.14. The highest BCUT2D eigenvalue weighted by molar-refractivity contribution is 6.33. The third-order valence-corrected chi connectivity index (χ3v) is 4.47. The van der Waals surface area contributed by atoms with Crippen molar-refractivity contribution in [2.75, 3.05) is 5.32 Å². The maximum atomic E-state index is 12.8. The highest BCUT2D eigenvalue weighted by atomic mass is 35.5. The topological polar surface area (TPSA) is 107 Å². The van der Waals surface area contributed by atoms with E-state index < -0.39 is 5.91 Å². The summed E-state index contributed by atoms with van der Waals surface area (Å²) in [4.78, 5) is 12.8. The lowest BCUT2D eigenvalue weighted by Gasteiger charge is -2.03. The number of anilines is 1. The number of halogens is 1. The Labute approximate surface area is 164 Å². The summed E-state index contributed by atoms with van der Waals surface area (Å²) in [5.74, 6) is 1.46. The smallest absolute Gasteiger partial charge is 0.322 e. The molecular weight excluding hydrogens is 384 g/mol. The predicted molar refractivity (Wildman–Crippen MR) is 101 cm³/mol. The van der Waals surface area contributed by atoms with Gasteiger partial charge in [0.25, 0.3) is 11.8 Å². The Morgan fingerprint density at radius 1 is 1.04 bits per heavy atom. The molecule has 3 aromatic heterocycles. The van der Waals surface area contributed by atoms with E-state index in [4.69, 9.17) is 25.0 Å². The second kappa shape index (κ2) is 6.97. The average molecular weight is 399 g/mol. The zero-order valence-corrected chi connectivity index (χ0v) is 16.0. The Balaban J connectivity index is 1.63. The summed E-state index contributed by atoms with van der Waals surface area (Å²) < 4.78 is 16.2. The number of carbonyl (C=O) groups is 1. The molecule has 0 aliphatic carbocycles. The van der Waals surface area contributed by atoms with Crippen molar-refractivity contribution in [3.63, 3.8) is 0 Å². The van der Waals surface area contributed by atoms with Crippen LogP contribution in [0.3, 0.4) is 0 Å². The van der Waals surface area contributed by atoms with E-state index in [0.29, 0.717) is 33.4 Å². The monoisotopic (exact) mass is 398 g/mol. The molecule has 8 nitrogen and oxygen atoms in total. The maximum absolute atomic E-state index is 12.8. The quantitative estimate of drug-likeness (QED) is 0.525. The summed E-state index contributed by atoms with van der Waals surface area (Å²) in [5, 5.41) is 14.8. The van der Waals surface area contributed by atoms with Gasteiger partial charge in [-0.05, 0) is 32.9 Å². The molecule has 0 aliphatic heterocycles. The Hall–Kier alpha value is -3.39. The number of nitrogens with one attached hydrogen (secondary N) is 1. The molecule has 0 saturated heterocycles. The van der Waals surface area contributed by atoms with Gasteiger partial charge in [-0.15, -0.1) is 5.10 Å². The Morgan fingerprint density at radius 2 is 1.82 bits per heavy atom. The van der Waals surface area contributed by atoms with Gasteiger partial charge in [-0.3, -0.25) is 10.1 Å². The summed E-state index contributed by atoms with van der Waals surface area (Å²) >= 11 is 6.23. The van der Waals surface area contributed by atoms with Gasteiger partial charge in [0.05, 0.1) is 10.6 Å². The standard InChI is InChI=1S/C19H15ClN4O4/c1-9-8-13(10(2)26-9)18-22-23-19(27-18)21-17(25)15-11(3)28-24-16(15)12-6-4-5-7-14(12)20/h4-8H,1-3H3,(H,21,23,25). The number of furan rings is 1. The third kappa shape index (κ3) is 3.18. The fourth-order valence-corrected chi connectivity index (χ4v) is 3.09. The van der Waals surface area contributed by atoms with E-state index in [1.165, 1.54) is 0 Å². The van der Waals surface area contributed by atoms with E-state index in [9.17, 15) is 4.79 Å². The first-order valence-corrected chi connectivity index (χ1v) is 8.75. The van der Waals surface area contributed by atoms with Crippen molar-refractivity contribution in [1.82, 2.24) is 15.4 Å². The summed E-state index contributed by atoms with van der Waals surface area (Å²) in [6.07, 6.45) is 0. The number of carbonyl (C=O) groups excluding carboxylic acids is 1. The fraction of sp³-hybridized carbons (Fsp3) is 0.158. The van der Waals surface area contributed by atoms with E-state index in [0.717, 1.165) is 5.76 Å². The minimum atomic E-state index is -0.496. The van der Waals surface area contributed by atoms with Gasteiger partial charge in [0.2, 0.25) is 0 Å². The van der Waals surface area contributed by atoms with Gasteiger partial charge in [0, 0.05) is 5.56 Å². The van der Waals surface area contributed by atoms with Crippen molar-refractivity contribution in [2.45, 2.75) is 20.8 Å². The number of aromatic nitrogens is 3. The number of rotatable bonds is 4. The molecule has 0 atom stereocenters. The molecule has 1 aromatic carbocycles. The molecule has 0 fully saturated rings. The average Bonchev–Trinajstić information content (AvgIpc) is 3.34. The largest absolute Gasteiger partial charge is 0.466 e. The van der Waals surface area contributed by atoms with Crippen LogP contribution in [0, 0.1) is 20.8 Å². The number of hydrogen-bond donors (Lipinski definition) is 1. The van der Waals surface area contributed by atoms with Crippen molar-refractivity contribution >= 4 is 23.5 Å². The minimum absolute atomic E-state index is 0.0519. The van der Waals surface area contributed by atoms with Crippen LogP contribution >= 0.6 is 11.6 Å². The maximum Gasteiger partial charge on any atom is 0.322 e. The summed E-state index contributed by atoms with van der Waals surface area (Å²) in [7, 11) is 0. The van der Waals surface area contributed by atoms with Crippen LogP contribution in [0.15, 0.2) is 43.7 Å². The summed E-state index contributed by atoms with van der Waals surface area (Å²) in [6, 6.07) is 8.79. The minimum Gasteiger partial charge on any atom is -0.466 e. The highest BCUT2D eigenvalue weighted by Gasteiger charge is 2.25. The Kier molecular flexibility index (Phi) is 4.48. The predicted octanol–water partition coefficient (Wildman–Crippen LogP) is 4.82. The molecule has 0 spiro atoms. The number of hydrogen-bond acceptors (Lipinski definition) is 7. The molecule has 0 unspecified atom stereocenters. The van der Waals surface area contributed by atoms with Crippen LogP contribution in [0.4, 0.5) is 6.01 Å². The van der Waals surface area contributed by atoms with Crippen LogP contribution in [0.5, 0.6) is 0 Å². The van der Waals surface area contributed by atoms with Gasteiger partial charge in [-0.25, -0.2) is 0 Å². The van der Waals surface area contributed by atoms with E-state index in [1.807, 2.05) is 6.92 Å². The number of benzene rings is 1. The lowest BCUT2D eigenvalue weighted by Crippen LogP contribution is -2.13. The molecule has 9 heteroatoms. The Bertz CT molecular complexity index is 1170.